The van der Waals surface area contributed by atoms with Crippen molar-refractivity contribution < 1.29 is 4.42 Å². The minimum absolute atomic E-state index is 0.926. The van der Waals surface area contributed by atoms with Gasteiger partial charge in [-0.3, -0.25) is 0 Å². The van der Waals surface area contributed by atoms with Gasteiger partial charge in [0.05, 0.1) is 0 Å². The van der Waals surface area contributed by atoms with Crippen LogP contribution in [0.2, 0.25) is 0 Å². The Kier molecular flexibility index (Phi) is 3.20. The predicted octanol–water partition coefficient (Wildman–Crippen LogP) is 8.91. The zero-order chi connectivity index (χ0) is 19.8. The molecule has 0 unspecified atom stereocenters. The molecule has 0 amide bonds. The summed E-state index contributed by atoms with van der Waals surface area (Å²) in [5.74, 6) is 0. The van der Waals surface area contributed by atoms with Gasteiger partial charge in [0.15, 0.2) is 0 Å². The van der Waals surface area contributed by atoms with Gasteiger partial charge in [0.1, 0.15) is 11.2 Å². The van der Waals surface area contributed by atoms with Crippen LogP contribution in [0, 0.1) is 0 Å². The monoisotopic (exact) mass is 446 g/mol. The minimum Gasteiger partial charge on any atom is -0.456 e. The first-order valence-corrected chi connectivity index (χ1v) is 10.9. The standard InChI is InChI=1S/C28H15BrO/c29-22-14-13-17-12-11-16-5-3-6-18-15-21(28(22)26(17)25(16)18)19-8-4-10-24-27(19)20-7-1-2-9-23(20)30-24/h1-15H. The highest BCUT2D eigenvalue weighted by molar-refractivity contribution is 9.10. The molecule has 0 spiro atoms. The molecular formula is C28H15BrO. The average Bonchev–Trinajstić information content (AvgIpc) is 3.17. The van der Waals surface area contributed by atoms with Crippen LogP contribution in [0.5, 0.6) is 0 Å². The lowest BCUT2D eigenvalue weighted by molar-refractivity contribution is 0.669. The Morgan fingerprint density at radius 3 is 2.17 bits per heavy atom. The maximum Gasteiger partial charge on any atom is 0.136 e. The summed E-state index contributed by atoms with van der Waals surface area (Å²) in [6.07, 6.45) is 0. The number of fused-ring (bicyclic) bond motifs is 3. The first-order valence-electron chi connectivity index (χ1n) is 10.1. The molecule has 0 radical (unpaired) electrons. The summed E-state index contributed by atoms with van der Waals surface area (Å²) in [5, 5.41) is 10.1. The van der Waals surface area contributed by atoms with E-state index in [0.717, 1.165) is 21.0 Å². The largest absolute Gasteiger partial charge is 0.456 e. The van der Waals surface area contributed by atoms with Gasteiger partial charge in [-0.1, -0.05) is 82.7 Å². The molecule has 0 saturated carbocycles. The quantitative estimate of drug-likeness (QED) is 0.229. The van der Waals surface area contributed by atoms with Crippen molar-refractivity contribution in [1.29, 1.82) is 0 Å². The zero-order valence-electron chi connectivity index (χ0n) is 15.9. The first kappa shape index (κ1) is 16.4. The van der Waals surface area contributed by atoms with E-state index in [0.29, 0.717) is 0 Å². The van der Waals surface area contributed by atoms with E-state index in [1.807, 2.05) is 12.1 Å². The molecule has 30 heavy (non-hydrogen) atoms. The van der Waals surface area contributed by atoms with E-state index in [9.17, 15) is 0 Å². The zero-order valence-corrected chi connectivity index (χ0v) is 17.5. The fourth-order valence-electron chi connectivity index (χ4n) is 5.02. The third-order valence-corrected chi connectivity index (χ3v) is 6.93. The number of hydrogen-bond donors (Lipinski definition) is 0. The smallest absolute Gasteiger partial charge is 0.136 e. The van der Waals surface area contributed by atoms with Crippen molar-refractivity contribution in [2.45, 2.75) is 0 Å². The van der Waals surface area contributed by atoms with Crippen LogP contribution in [-0.4, -0.2) is 0 Å². The minimum atomic E-state index is 0.926. The lowest BCUT2D eigenvalue weighted by atomic mass is 9.88. The third-order valence-electron chi connectivity index (χ3n) is 6.27. The molecule has 0 aliphatic rings. The third kappa shape index (κ3) is 2.07. The van der Waals surface area contributed by atoms with Crippen LogP contribution in [-0.2, 0) is 0 Å². The highest BCUT2D eigenvalue weighted by Gasteiger charge is 2.18. The molecule has 0 atom stereocenters. The second kappa shape index (κ2) is 5.84. The molecule has 7 aromatic rings. The number of benzene rings is 6. The Hall–Kier alpha value is -3.36. The van der Waals surface area contributed by atoms with Crippen molar-refractivity contribution in [3.63, 3.8) is 0 Å². The molecule has 7 rings (SSSR count). The van der Waals surface area contributed by atoms with E-state index in [-0.39, 0.29) is 0 Å². The Bertz CT molecular complexity index is 1760. The van der Waals surface area contributed by atoms with E-state index in [1.165, 1.54) is 48.8 Å². The Morgan fingerprint density at radius 1 is 0.500 bits per heavy atom. The van der Waals surface area contributed by atoms with Crippen LogP contribution in [0.4, 0.5) is 0 Å². The van der Waals surface area contributed by atoms with Crippen LogP contribution in [0.15, 0.2) is 99.9 Å². The fourth-order valence-corrected chi connectivity index (χ4v) is 5.56. The van der Waals surface area contributed by atoms with E-state index >= 15 is 0 Å². The van der Waals surface area contributed by atoms with Crippen LogP contribution in [0.1, 0.15) is 0 Å². The van der Waals surface area contributed by atoms with Gasteiger partial charge in [0, 0.05) is 20.6 Å². The SMILES string of the molecule is Brc1ccc2ccc3cccc4cc(-c5cccc6oc7ccccc7c56)c1c2c34. The number of para-hydroxylation sites is 1. The van der Waals surface area contributed by atoms with Crippen LogP contribution < -0.4 is 0 Å². The average molecular weight is 447 g/mol. The lowest BCUT2D eigenvalue weighted by Crippen LogP contribution is -1.89. The van der Waals surface area contributed by atoms with E-state index in [4.69, 9.17) is 4.42 Å². The topological polar surface area (TPSA) is 13.1 Å². The second-order valence-electron chi connectivity index (χ2n) is 7.87. The summed E-state index contributed by atoms with van der Waals surface area (Å²) in [7, 11) is 0. The Balaban J connectivity index is 1.75. The van der Waals surface area contributed by atoms with E-state index < -0.39 is 0 Å². The molecule has 1 aromatic heterocycles. The summed E-state index contributed by atoms with van der Waals surface area (Å²) in [6.45, 7) is 0. The van der Waals surface area contributed by atoms with Crippen molar-refractivity contribution in [2.75, 3.05) is 0 Å². The van der Waals surface area contributed by atoms with Crippen LogP contribution >= 0.6 is 15.9 Å². The van der Waals surface area contributed by atoms with Gasteiger partial charge in [0.2, 0.25) is 0 Å². The number of hydrogen-bond acceptors (Lipinski definition) is 1. The maximum atomic E-state index is 6.18. The fraction of sp³-hybridized carbons (Fsp3) is 0. The first-order chi connectivity index (χ1) is 14.8. The molecule has 6 aromatic carbocycles. The molecule has 2 heteroatoms. The van der Waals surface area contributed by atoms with Crippen molar-refractivity contribution in [1.82, 2.24) is 0 Å². The van der Waals surface area contributed by atoms with Crippen molar-refractivity contribution in [3.05, 3.63) is 95.5 Å². The van der Waals surface area contributed by atoms with Crippen molar-refractivity contribution in [2.24, 2.45) is 0 Å². The molecule has 0 aliphatic heterocycles. The summed E-state index contributed by atoms with van der Waals surface area (Å²) in [5.41, 5.74) is 4.29. The second-order valence-corrected chi connectivity index (χ2v) is 8.72. The van der Waals surface area contributed by atoms with Crippen molar-refractivity contribution in [3.8, 4) is 11.1 Å². The molecule has 0 N–H and O–H groups in total. The van der Waals surface area contributed by atoms with Gasteiger partial charge in [-0.2, -0.15) is 0 Å². The lowest BCUT2D eigenvalue weighted by Gasteiger charge is -2.16. The molecular weight excluding hydrogens is 432 g/mol. The van der Waals surface area contributed by atoms with Gasteiger partial charge in [-0.15, -0.1) is 0 Å². The summed E-state index contributed by atoms with van der Waals surface area (Å²) < 4.78 is 7.29. The molecule has 1 heterocycles. The molecule has 0 aliphatic carbocycles. The Labute approximate surface area is 181 Å². The van der Waals surface area contributed by atoms with Gasteiger partial charge in [0.25, 0.3) is 0 Å². The van der Waals surface area contributed by atoms with Gasteiger partial charge in [-0.05, 0) is 62.3 Å². The Morgan fingerprint density at radius 2 is 1.23 bits per heavy atom. The maximum absolute atomic E-state index is 6.18. The van der Waals surface area contributed by atoms with Crippen LogP contribution in [0.3, 0.4) is 0 Å². The summed E-state index contributed by atoms with van der Waals surface area (Å²) in [6, 6.07) is 32.4. The molecule has 0 fully saturated rings. The molecule has 140 valence electrons. The number of rotatable bonds is 1. The molecule has 1 nitrogen and oxygen atoms in total. The normalized spacial score (nSPS) is 12.2. The van der Waals surface area contributed by atoms with Crippen molar-refractivity contribution >= 4 is 70.2 Å². The highest BCUT2D eigenvalue weighted by Crippen LogP contribution is 2.46. The van der Waals surface area contributed by atoms with Gasteiger partial charge >= 0.3 is 0 Å². The highest BCUT2D eigenvalue weighted by atomic mass is 79.9. The summed E-state index contributed by atoms with van der Waals surface area (Å²) >= 11 is 3.87. The number of furan rings is 1. The van der Waals surface area contributed by atoms with Crippen LogP contribution in [0.25, 0.3) is 65.4 Å². The van der Waals surface area contributed by atoms with Gasteiger partial charge < -0.3 is 4.42 Å². The van der Waals surface area contributed by atoms with E-state index in [1.54, 1.807) is 0 Å². The molecule has 0 bridgehead atoms. The molecule has 0 saturated heterocycles. The predicted molar refractivity (Wildman–Crippen MR) is 131 cm³/mol. The van der Waals surface area contributed by atoms with E-state index in [2.05, 4.69) is 94.8 Å². The van der Waals surface area contributed by atoms with Gasteiger partial charge in [-0.25, -0.2) is 0 Å². The number of halogens is 1. The summed E-state index contributed by atoms with van der Waals surface area (Å²) in [4.78, 5) is 0.